The number of nitrogens with zero attached hydrogens (tertiary/aromatic N) is 4. The van der Waals surface area contributed by atoms with E-state index in [0.29, 0.717) is 34.7 Å². The van der Waals surface area contributed by atoms with Gasteiger partial charge < -0.3 is 24.9 Å². The summed E-state index contributed by atoms with van der Waals surface area (Å²) in [7, 11) is 0. The molecular weight excluding hydrogens is 486 g/mol. The summed E-state index contributed by atoms with van der Waals surface area (Å²) in [5.41, 5.74) is 2.96. The molecule has 0 radical (unpaired) electrons. The van der Waals surface area contributed by atoms with Crippen molar-refractivity contribution in [1.82, 2.24) is 9.97 Å². The highest BCUT2D eigenvalue weighted by Gasteiger charge is 2.42. The van der Waals surface area contributed by atoms with Crippen LogP contribution in [0.4, 0.5) is 31.9 Å². The van der Waals surface area contributed by atoms with E-state index in [1.807, 2.05) is 18.2 Å². The predicted molar refractivity (Wildman–Crippen MR) is 139 cm³/mol. The third-order valence-electron chi connectivity index (χ3n) is 7.12. The van der Waals surface area contributed by atoms with E-state index in [2.05, 4.69) is 24.9 Å². The van der Waals surface area contributed by atoms with E-state index < -0.39 is 5.92 Å². The molecule has 2 aliphatic heterocycles. The number of nitrogens with one attached hydrogen (secondary N) is 2. The number of piperidine rings is 2. The molecule has 2 saturated heterocycles. The largest absolute Gasteiger partial charge is 0.395 e. The van der Waals surface area contributed by atoms with Crippen molar-refractivity contribution in [2.45, 2.75) is 38.5 Å². The van der Waals surface area contributed by atoms with Crippen molar-refractivity contribution in [3.05, 3.63) is 35.5 Å². The zero-order chi connectivity index (χ0) is 25.3. The number of anilines is 4. The van der Waals surface area contributed by atoms with Crippen LogP contribution in [0.25, 0.3) is 0 Å². The van der Waals surface area contributed by atoms with Gasteiger partial charge in [0.2, 0.25) is 5.95 Å². The molecule has 1 amide bonds. The smallest absolute Gasteiger partial charge is 0.258 e. The summed E-state index contributed by atoms with van der Waals surface area (Å²) < 4.78 is 30.4. The van der Waals surface area contributed by atoms with Crippen LogP contribution in [-0.2, 0) is 0 Å². The molecule has 0 bridgehead atoms. The molecule has 8 nitrogen and oxygen atoms in total. The Balaban J connectivity index is 1.35. The maximum Gasteiger partial charge on any atom is 0.258 e. The zero-order valence-electron chi connectivity index (χ0n) is 20.3. The number of halogens is 2. The Hall–Kier alpha value is -2.66. The number of alkyl halides is 2. The number of fused-ring (bicyclic) bond motifs is 1. The molecule has 3 fully saturated rings. The van der Waals surface area contributed by atoms with Gasteiger partial charge in [0, 0.05) is 62.2 Å². The van der Waals surface area contributed by atoms with Gasteiger partial charge in [-0.1, -0.05) is 11.9 Å². The molecule has 2 aromatic rings. The van der Waals surface area contributed by atoms with Gasteiger partial charge in [0.1, 0.15) is 5.82 Å². The molecule has 2 unspecified atom stereocenters. The van der Waals surface area contributed by atoms with Crippen LogP contribution < -0.4 is 19.8 Å². The Morgan fingerprint density at radius 3 is 2.72 bits per heavy atom. The number of amides is 1. The fraction of sp³-hybridized carbons (Fsp3) is 0.560. The average molecular weight is 519 g/mol. The normalized spacial score (nSPS) is 22.7. The second kappa shape index (κ2) is 10.4. The van der Waals surface area contributed by atoms with Crippen molar-refractivity contribution in [1.29, 1.82) is 0 Å². The monoisotopic (exact) mass is 518 g/mol. The van der Waals surface area contributed by atoms with Crippen LogP contribution in [0, 0.1) is 18.8 Å². The van der Waals surface area contributed by atoms with E-state index >= 15 is 0 Å². The SMILES string of the molecule is Cc1cc(NC(=O)c2ccc(NSCCO)cc2N2CCC3CC3C2)nc(N2CCC(F)(F)CC2)n1. The number of aliphatic hydroxyl groups excluding tert-OH is 1. The molecule has 1 aromatic carbocycles. The first-order chi connectivity index (χ1) is 17.3. The number of aryl methyl sites for hydroxylation is 1. The molecular formula is C25H32F2N6O2S. The number of aromatic nitrogens is 2. The van der Waals surface area contributed by atoms with E-state index in [-0.39, 0.29) is 38.4 Å². The lowest BCUT2D eigenvalue weighted by Gasteiger charge is -2.32. The number of benzene rings is 1. The van der Waals surface area contributed by atoms with Crippen LogP contribution >= 0.6 is 11.9 Å². The lowest BCUT2D eigenvalue weighted by molar-refractivity contribution is -0.0222. The fourth-order valence-electron chi connectivity index (χ4n) is 5.01. The Kier molecular flexibility index (Phi) is 7.21. The number of rotatable bonds is 8. The quantitative estimate of drug-likeness (QED) is 0.354. The topological polar surface area (TPSA) is 93.6 Å². The Labute approximate surface area is 214 Å². The molecule has 1 aromatic heterocycles. The highest BCUT2D eigenvalue weighted by Crippen LogP contribution is 2.46. The van der Waals surface area contributed by atoms with Crippen molar-refractivity contribution >= 4 is 41.0 Å². The molecule has 194 valence electrons. The van der Waals surface area contributed by atoms with Gasteiger partial charge >= 0.3 is 0 Å². The number of carbonyl (C=O) groups is 1. The molecule has 3 aliphatic rings. The Morgan fingerprint density at radius 2 is 1.97 bits per heavy atom. The number of carbonyl (C=O) groups excluding carboxylic acids is 1. The fourth-order valence-corrected chi connectivity index (χ4v) is 5.49. The van der Waals surface area contributed by atoms with E-state index in [0.717, 1.165) is 36.8 Å². The lowest BCUT2D eigenvalue weighted by Crippen LogP contribution is -2.40. The Morgan fingerprint density at radius 1 is 1.17 bits per heavy atom. The lowest BCUT2D eigenvalue weighted by atomic mass is 10.1. The van der Waals surface area contributed by atoms with Crippen molar-refractivity contribution in [3.8, 4) is 0 Å². The first-order valence-corrected chi connectivity index (χ1v) is 13.5. The summed E-state index contributed by atoms with van der Waals surface area (Å²) in [4.78, 5) is 26.4. The van der Waals surface area contributed by atoms with Gasteiger partial charge in [0.25, 0.3) is 11.8 Å². The number of hydrogen-bond acceptors (Lipinski definition) is 8. The molecule has 1 aliphatic carbocycles. The van der Waals surface area contributed by atoms with E-state index in [9.17, 15) is 13.6 Å². The van der Waals surface area contributed by atoms with Crippen molar-refractivity contribution in [2.24, 2.45) is 11.8 Å². The average Bonchev–Trinajstić information content (AvgIpc) is 3.63. The van der Waals surface area contributed by atoms with Crippen LogP contribution in [0.15, 0.2) is 24.3 Å². The summed E-state index contributed by atoms with van der Waals surface area (Å²) in [6.07, 6.45) is 1.92. The van der Waals surface area contributed by atoms with Gasteiger partial charge in [-0.2, -0.15) is 4.98 Å². The molecule has 2 atom stereocenters. The molecule has 11 heteroatoms. The minimum atomic E-state index is -2.65. The molecule has 3 heterocycles. The van der Waals surface area contributed by atoms with E-state index in [4.69, 9.17) is 5.11 Å². The highest BCUT2D eigenvalue weighted by molar-refractivity contribution is 8.00. The first-order valence-electron chi connectivity index (χ1n) is 12.5. The molecule has 5 rings (SSSR count). The van der Waals surface area contributed by atoms with Crippen molar-refractivity contribution in [2.75, 3.05) is 58.4 Å². The third-order valence-corrected chi connectivity index (χ3v) is 7.89. The predicted octanol–water partition coefficient (Wildman–Crippen LogP) is 4.17. The Bertz CT molecular complexity index is 1110. The van der Waals surface area contributed by atoms with Crippen LogP contribution in [-0.4, -0.2) is 65.4 Å². The molecule has 36 heavy (non-hydrogen) atoms. The summed E-state index contributed by atoms with van der Waals surface area (Å²) in [6.45, 7) is 4.08. The summed E-state index contributed by atoms with van der Waals surface area (Å²) in [6, 6.07) is 7.35. The van der Waals surface area contributed by atoms with Crippen LogP contribution in [0.5, 0.6) is 0 Å². The summed E-state index contributed by atoms with van der Waals surface area (Å²) in [5, 5.41) is 12.0. The second-order valence-corrected chi connectivity index (χ2v) is 10.8. The van der Waals surface area contributed by atoms with Gasteiger partial charge in [0.15, 0.2) is 0 Å². The molecule has 0 spiro atoms. The minimum absolute atomic E-state index is 0.0837. The summed E-state index contributed by atoms with van der Waals surface area (Å²) in [5.74, 6) is -0.136. The van der Waals surface area contributed by atoms with Gasteiger partial charge in [-0.25, -0.2) is 13.8 Å². The maximum atomic E-state index is 13.6. The zero-order valence-corrected chi connectivity index (χ0v) is 21.2. The number of hydrogen-bond donors (Lipinski definition) is 3. The van der Waals surface area contributed by atoms with Gasteiger partial charge in [-0.05, 0) is 49.8 Å². The third kappa shape index (κ3) is 5.83. The molecule has 1 saturated carbocycles. The van der Waals surface area contributed by atoms with Gasteiger partial charge in [-0.3, -0.25) is 4.79 Å². The van der Waals surface area contributed by atoms with Crippen molar-refractivity contribution in [3.63, 3.8) is 0 Å². The second-order valence-electron chi connectivity index (χ2n) is 9.89. The van der Waals surface area contributed by atoms with Crippen molar-refractivity contribution < 1.29 is 18.7 Å². The highest BCUT2D eigenvalue weighted by atomic mass is 32.2. The molecule has 3 N–H and O–H groups in total. The number of aliphatic hydroxyl groups is 1. The van der Waals surface area contributed by atoms with Gasteiger partial charge in [0.05, 0.1) is 17.9 Å². The van der Waals surface area contributed by atoms with Crippen LogP contribution in [0.3, 0.4) is 0 Å². The van der Waals surface area contributed by atoms with Gasteiger partial charge in [-0.15, -0.1) is 0 Å². The van der Waals surface area contributed by atoms with E-state index in [1.54, 1.807) is 17.9 Å². The first kappa shape index (κ1) is 25.0. The standard InChI is InChI=1S/C25H32F2N6O2S/c1-16-12-22(30-24(28-16)32-8-5-25(26,27)6-9-32)29-23(35)20-3-2-19(31-36-11-10-34)14-21(20)33-7-4-17-13-18(17)15-33/h2-3,12,14,17-18,31,34H,4-11,13,15H2,1H3,(H,28,29,30,35). The maximum absolute atomic E-state index is 13.6. The van der Waals surface area contributed by atoms with Crippen LogP contribution in [0.1, 0.15) is 41.7 Å². The van der Waals surface area contributed by atoms with E-state index in [1.165, 1.54) is 18.4 Å². The minimum Gasteiger partial charge on any atom is -0.395 e. The summed E-state index contributed by atoms with van der Waals surface area (Å²) >= 11 is 1.42. The van der Waals surface area contributed by atoms with Crippen LogP contribution in [0.2, 0.25) is 0 Å².